The van der Waals surface area contributed by atoms with Crippen LogP contribution < -0.4 is 4.72 Å². The molecule has 0 aliphatic heterocycles. The zero-order valence-corrected chi connectivity index (χ0v) is 18.9. The van der Waals surface area contributed by atoms with Crippen LogP contribution in [0.3, 0.4) is 0 Å². The summed E-state index contributed by atoms with van der Waals surface area (Å²) in [7, 11) is 0. The predicted molar refractivity (Wildman–Crippen MR) is 106 cm³/mol. The van der Waals surface area contributed by atoms with Crippen LogP contribution in [0.2, 0.25) is 5.15 Å². The minimum Gasteiger partial charge on any atom is -0.598 e. The molecule has 1 aromatic heterocycles. The highest BCUT2D eigenvalue weighted by atomic mass is 79.9. The van der Waals surface area contributed by atoms with Crippen LogP contribution in [0.4, 0.5) is 0 Å². The third-order valence-electron chi connectivity index (χ3n) is 3.19. The van der Waals surface area contributed by atoms with Gasteiger partial charge in [-0.05, 0) is 70.5 Å². The molecule has 1 N–H and O–H groups in total. The van der Waals surface area contributed by atoms with Crippen LogP contribution in [0.5, 0.6) is 0 Å². The topological polar surface area (TPSA) is 74.3 Å². The molecule has 5 nitrogen and oxygen atoms in total. The predicted octanol–water partition coefficient (Wildman–Crippen LogP) is 4.50. The molecule has 1 unspecified atom stereocenters. The Hall–Kier alpha value is -0.340. The summed E-state index contributed by atoms with van der Waals surface area (Å²) in [6, 6.07) is 1.77. The maximum absolute atomic E-state index is 12.7. The highest BCUT2D eigenvalue weighted by Gasteiger charge is 2.41. The van der Waals surface area contributed by atoms with Crippen molar-refractivity contribution >= 4 is 44.9 Å². The van der Waals surface area contributed by atoms with Gasteiger partial charge in [0.15, 0.2) is 0 Å². The van der Waals surface area contributed by atoms with Crippen molar-refractivity contribution in [1.82, 2.24) is 9.71 Å². The van der Waals surface area contributed by atoms with Gasteiger partial charge in [-0.1, -0.05) is 11.6 Å². The van der Waals surface area contributed by atoms with Crippen LogP contribution in [0.15, 0.2) is 16.7 Å². The van der Waals surface area contributed by atoms with Crippen LogP contribution >= 0.6 is 27.5 Å². The molecule has 142 valence electrons. The fraction of sp³-hybridized carbons (Fsp3) is 0.647. The highest BCUT2D eigenvalue weighted by molar-refractivity contribution is 9.10. The highest BCUT2D eigenvalue weighted by Crippen LogP contribution is 2.34. The molecule has 25 heavy (non-hydrogen) atoms. The van der Waals surface area contributed by atoms with Gasteiger partial charge in [0.25, 0.3) is 0 Å². The average molecular weight is 454 g/mol. The van der Waals surface area contributed by atoms with Crippen molar-refractivity contribution in [3.05, 3.63) is 27.5 Å². The zero-order valence-electron chi connectivity index (χ0n) is 15.7. The van der Waals surface area contributed by atoms with Gasteiger partial charge in [-0.2, -0.15) is 0 Å². The molecule has 0 aliphatic rings. The van der Waals surface area contributed by atoms with Crippen molar-refractivity contribution in [3.8, 4) is 0 Å². The molecule has 0 bridgehead atoms. The number of hydrogen-bond acceptors (Lipinski definition) is 5. The molecule has 2 atom stereocenters. The van der Waals surface area contributed by atoms with Gasteiger partial charge in [-0.15, -0.1) is 4.72 Å². The first-order valence-electron chi connectivity index (χ1n) is 7.87. The fourth-order valence-electron chi connectivity index (χ4n) is 2.02. The lowest BCUT2D eigenvalue weighted by atomic mass is 9.91. The third kappa shape index (κ3) is 7.06. The standard InChI is InChI=1S/C17H26BrClN2O3S/c1-15(2,3)24-13(22)9-17(7,21-25(23)16(4,5)6)12-8-11(18)10-20-14(12)19/h8,10,21H,9H2,1-7H3/t17-,25?/m0/s1. The Morgan fingerprint density at radius 1 is 1.32 bits per heavy atom. The van der Waals surface area contributed by atoms with E-state index in [1.54, 1.807) is 40.0 Å². The molecule has 0 aromatic carbocycles. The number of carbonyl (C=O) groups excluding carboxylic acids is 1. The summed E-state index contributed by atoms with van der Waals surface area (Å²) in [6.45, 7) is 12.7. The number of pyridine rings is 1. The smallest absolute Gasteiger partial charge is 0.308 e. The van der Waals surface area contributed by atoms with Crippen LogP contribution in [0.25, 0.3) is 0 Å². The van der Waals surface area contributed by atoms with Crippen LogP contribution in [0.1, 0.15) is 60.5 Å². The Bertz CT molecular complexity index is 631. The van der Waals surface area contributed by atoms with E-state index in [2.05, 4.69) is 25.6 Å². The number of nitrogens with zero attached hydrogens (tertiary/aromatic N) is 1. The number of rotatable bonds is 5. The Morgan fingerprint density at radius 2 is 1.88 bits per heavy atom. The quantitative estimate of drug-likeness (QED) is 0.404. The molecule has 1 heterocycles. The number of carbonyl (C=O) groups is 1. The summed E-state index contributed by atoms with van der Waals surface area (Å²) in [4.78, 5) is 16.6. The second kappa shape index (κ2) is 8.13. The number of halogens is 2. The number of nitrogens with one attached hydrogen (secondary N) is 1. The summed E-state index contributed by atoms with van der Waals surface area (Å²) in [5, 5.41) is 0.243. The zero-order chi connectivity index (χ0) is 19.6. The van der Waals surface area contributed by atoms with Crippen LogP contribution in [0, 0.1) is 0 Å². The molecule has 0 saturated heterocycles. The Morgan fingerprint density at radius 3 is 2.36 bits per heavy atom. The van der Waals surface area contributed by atoms with Crippen molar-refractivity contribution in [2.24, 2.45) is 0 Å². The molecule has 0 saturated carbocycles. The summed E-state index contributed by atoms with van der Waals surface area (Å²) in [6.07, 6.45) is 1.53. The molecule has 1 rings (SSSR count). The first-order valence-corrected chi connectivity index (χ1v) is 10.2. The van der Waals surface area contributed by atoms with Crippen molar-refractivity contribution in [1.29, 1.82) is 0 Å². The lowest BCUT2D eigenvalue weighted by molar-refractivity contribution is -0.156. The van der Waals surface area contributed by atoms with E-state index in [-0.39, 0.29) is 11.6 Å². The SMILES string of the molecule is CC(C)(C)OC(=O)C[C@](C)(N[S+]([O-])C(C)(C)C)c1cc(Br)cnc1Cl. The molecular formula is C17H26BrClN2O3S. The van der Waals surface area contributed by atoms with E-state index in [9.17, 15) is 9.35 Å². The Kier molecular flexibility index (Phi) is 7.38. The minimum absolute atomic E-state index is 0.0378. The van der Waals surface area contributed by atoms with Gasteiger partial charge in [0.05, 0.1) is 12.0 Å². The maximum atomic E-state index is 12.7. The third-order valence-corrected chi connectivity index (χ3v) is 5.68. The number of ether oxygens (including phenoxy) is 1. The maximum Gasteiger partial charge on any atom is 0.308 e. The van der Waals surface area contributed by atoms with Gasteiger partial charge >= 0.3 is 5.97 Å². The molecule has 0 aliphatic carbocycles. The molecule has 1 aromatic rings. The first kappa shape index (κ1) is 22.7. The summed E-state index contributed by atoms with van der Waals surface area (Å²) >= 11 is 8.22. The van der Waals surface area contributed by atoms with Crippen molar-refractivity contribution in [2.45, 2.75) is 70.8 Å². The summed E-state index contributed by atoms with van der Waals surface area (Å²) in [5.74, 6) is -0.413. The van der Waals surface area contributed by atoms with Crippen LogP contribution in [-0.2, 0) is 26.4 Å². The van der Waals surface area contributed by atoms with Gasteiger partial charge < -0.3 is 9.29 Å². The van der Waals surface area contributed by atoms with Crippen molar-refractivity contribution < 1.29 is 14.1 Å². The molecular weight excluding hydrogens is 428 g/mol. The Labute approximate surface area is 166 Å². The lowest BCUT2D eigenvalue weighted by Gasteiger charge is -2.35. The monoisotopic (exact) mass is 452 g/mol. The Balaban J connectivity index is 3.26. The molecule has 0 radical (unpaired) electrons. The first-order chi connectivity index (χ1) is 11.1. The average Bonchev–Trinajstić information content (AvgIpc) is 2.37. The van der Waals surface area contributed by atoms with Crippen molar-refractivity contribution in [3.63, 3.8) is 0 Å². The number of esters is 1. The largest absolute Gasteiger partial charge is 0.598 e. The van der Waals surface area contributed by atoms with Gasteiger partial charge in [-0.3, -0.25) is 4.79 Å². The summed E-state index contributed by atoms with van der Waals surface area (Å²) in [5.41, 5.74) is -1.04. The van der Waals surface area contributed by atoms with E-state index in [0.29, 0.717) is 10.0 Å². The second-order valence-corrected chi connectivity index (χ2v) is 11.3. The lowest BCUT2D eigenvalue weighted by Crippen LogP contribution is -2.51. The van der Waals surface area contributed by atoms with E-state index < -0.39 is 33.2 Å². The molecule has 8 heteroatoms. The summed E-state index contributed by atoms with van der Waals surface area (Å²) < 4.78 is 21.4. The fourth-order valence-corrected chi connectivity index (χ4v) is 3.56. The van der Waals surface area contributed by atoms with E-state index >= 15 is 0 Å². The van der Waals surface area contributed by atoms with E-state index in [1.807, 2.05) is 20.8 Å². The normalized spacial score (nSPS) is 16.2. The molecule has 0 fully saturated rings. The molecule has 0 amide bonds. The van der Waals surface area contributed by atoms with Crippen LogP contribution in [-0.4, -0.2) is 25.9 Å². The van der Waals surface area contributed by atoms with E-state index in [0.717, 1.165) is 0 Å². The van der Waals surface area contributed by atoms with Crippen molar-refractivity contribution in [2.75, 3.05) is 0 Å². The number of hydrogen-bond donors (Lipinski definition) is 1. The minimum atomic E-state index is -1.42. The van der Waals surface area contributed by atoms with Gasteiger partial charge in [0, 0.05) is 27.6 Å². The van der Waals surface area contributed by atoms with Gasteiger partial charge in [0.2, 0.25) is 0 Å². The molecule has 0 spiro atoms. The number of aromatic nitrogens is 1. The van der Waals surface area contributed by atoms with E-state index in [1.165, 1.54) is 0 Å². The van der Waals surface area contributed by atoms with E-state index in [4.69, 9.17) is 16.3 Å². The van der Waals surface area contributed by atoms with Gasteiger partial charge in [0.1, 0.15) is 15.5 Å². The van der Waals surface area contributed by atoms with Gasteiger partial charge in [-0.25, -0.2) is 4.98 Å². The second-order valence-electron chi connectivity index (χ2n) is 8.07.